The van der Waals surface area contributed by atoms with Crippen LogP contribution in [0.25, 0.3) is 0 Å². The van der Waals surface area contributed by atoms with Gasteiger partial charge in [0.2, 0.25) is 0 Å². The van der Waals surface area contributed by atoms with Gasteiger partial charge in [-0.2, -0.15) is 5.10 Å². The molecule has 1 saturated heterocycles. The normalized spacial score (nSPS) is 15.2. The summed E-state index contributed by atoms with van der Waals surface area (Å²) >= 11 is 0. The van der Waals surface area contributed by atoms with E-state index in [0.717, 1.165) is 37.4 Å². The summed E-state index contributed by atoms with van der Waals surface area (Å²) in [4.78, 5) is 2.15. The first kappa shape index (κ1) is 13.9. The molecule has 1 aromatic carbocycles. The first-order valence-corrected chi connectivity index (χ1v) is 7.08. The van der Waals surface area contributed by atoms with E-state index in [-0.39, 0.29) is 5.82 Å². The van der Waals surface area contributed by atoms with E-state index in [1.54, 1.807) is 23.0 Å². The van der Waals surface area contributed by atoms with Gasteiger partial charge >= 0.3 is 0 Å². The number of benzene rings is 1. The Morgan fingerprint density at radius 2 is 2.14 bits per heavy atom. The van der Waals surface area contributed by atoms with Gasteiger partial charge in [-0.3, -0.25) is 4.68 Å². The fourth-order valence-corrected chi connectivity index (χ4v) is 2.47. The van der Waals surface area contributed by atoms with E-state index in [0.29, 0.717) is 12.4 Å². The van der Waals surface area contributed by atoms with E-state index < -0.39 is 0 Å². The van der Waals surface area contributed by atoms with Crippen LogP contribution < -0.4 is 15.0 Å². The second kappa shape index (κ2) is 6.13. The minimum absolute atomic E-state index is 0.239. The van der Waals surface area contributed by atoms with Crippen LogP contribution in [-0.2, 0) is 13.7 Å². The zero-order valence-corrected chi connectivity index (χ0v) is 12.1. The molecule has 0 radical (unpaired) electrons. The van der Waals surface area contributed by atoms with E-state index >= 15 is 0 Å². The first-order chi connectivity index (χ1) is 10.2. The molecule has 0 saturated carbocycles. The number of aryl methyl sites for hydroxylation is 1. The van der Waals surface area contributed by atoms with Crippen LogP contribution in [0.5, 0.6) is 5.75 Å². The Morgan fingerprint density at radius 1 is 1.33 bits per heavy atom. The van der Waals surface area contributed by atoms with E-state index in [1.165, 1.54) is 6.07 Å². The van der Waals surface area contributed by atoms with Crippen molar-refractivity contribution < 1.29 is 9.13 Å². The molecule has 112 valence electrons. The summed E-state index contributed by atoms with van der Waals surface area (Å²) in [5.74, 6) is 0.472. The summed E-state index contributed by atoms with van der Waals surface area (Å²) in [5, 5.41) is 7.41. The first-order valence-electron chi connectivity index (χ1n) is 7.08. The van der Waals surface area contributed by atoms with Gasteiger partial charge < -0.3 is 15.0 Å². The summed E-state index contributed by atoms with van der Waals surface area (Å²) in [6.07, 6.45) is 3.68. The van der Waals surface area contributed by atoms with Crippen molar-refractivity contribution in [3.63, 3.8) is 0 Å². The van der Waals surface area contributed by atoms with Crippen molar-refractivity contribution in [2.45, 2.75) is 6.61 Å². The molecule has 0 unspecified atom stereocenters. The summed E-state index contributed by atoms with van der Waals surface area (Å²) < 4.78 is 21.2. The van der Waals surface area contributed by atoms with Crippen molar-refractivity contribution in [1.29, 1.82) is 0 Å². The SMILES string of the molecule is Cn1cc(COc2ccc(F)cc2N2CCNCC2)cn1. The molecular weight excluding hydrogens is 271 g/mol. The second-order valence-electron chi connectivity index (χ2n) is 5.16. The number of aromatic nitrogens is 2. The van der Waals surface area contributed by atoms with Gasteiger partial charge in [0.25, 0.3) is 0 Å². The average molecular weight is 290 g/mol. The monoisotopic (exact) mass is 290 g/mol. The van der Waals surface area contributed by atoms with E-state index in [9.17, 15) is 4.39 Å². The number of piperazine rings is 1. The standard InChI is InChI=1S/C15H19FN4O/c1-19-10-12(9-18-19)11-21-15-3-2-13(16)8-14(15)20-6-4-17-5-7-20/h2-3,8-10,17H,4-7,11H2,1H3. The van der Waals surface area contributed by atoms with Crippen LogP contribution in [-0.4, -0.2) is 36.0 Å². The maximum Gasteiger partial charge on any atom is 0.143 e. The van der Waals surface area contributed by atoms with Crippen LogP contribution in [0.1, 0.15) is 5.56 Å². The Bertz CT molecular complexity index is 607. The Labute approximate surface area is 123 Å². The van der Waals surface area contributed by atoms with E-state index in [2.05, 4.69) is 15.3 Å². The van der Waals surface area contributed by atoms with Crippen LogP contribution in [0.3, 0.4) is 0 Å². The zero-order chi connectivity index (χ0) is 14.7. The quantitative estimate of drug-likeness (QED) is 0.927. The van der Waals surface area contributed by atoms with Crippen molar-refractivity contribution in [1.82, 2.24) is 15.1 Å². The number of nitrogens with one attached hydrogen (secondary N) is 1. The lowest BCUT2D eigenvalue weighted by atomic mass is 10.2. The van der Waals surface area contributed by atoms with Crippen molar-refractivity contribution in [3.8, 4) is 5.75 Å². The molecule has 0 atom stereocenters. The molecule has 6 heteroatoms. The number of ether oxygens (including phenoxy) is 1. The molecule has 0 aliphatic carbocycles. The molecule has 2 aromatic rings. The molecule has 0 spiro atoms. The van der Waals surface area contributed by atoms with Crippen LogP contribution in [0.2, 0.25) is 0 Å². The smallest absolute Gasteiger partial charge is 0.143 e. The summed E-state index contributed by atoms with van der Waals surface area (Å²) in [6, 6.07) is 4.68. The number of hydrogen-bond acceptors (Lipinski definition) is 4. The highest BCUT2D eigenvalue weighted by molar-refractivity contribution is 5.59. The maximum absolute atomic E-state index is 13.6. The van der Waals surface area contributed by atoms with Crippen molar-refractivity contribution in [2.24, 2.45) is 7.05 Å². The Morgan fingerprint density at radius 3 is 2.86 bits per heavy atom. The van der Waals surface area contributed by atoms with Gasteiger partial charge in [-0.1, -0.05) is 0 Å². The highest BCUT2D eigenvalue weighted by Crippen LogP contribution is 2.30. The molecule has 1 aromatic heterocycles. The molecule has 1 aliphatic rings. The van der Waals surface area contributed by atoms with Gasteiger partial charge in [-0.15, -0.1) is 0 Å². The minimum Gasteiger partial charge on any atom is -0.487 e. The van der Waals surface area contributed by atoms with Gasteiger partial charge in [0.15, 0.2) is 0 Å². The third-order valence-corrected chi connectivity index (χ3v) is 3.53. The third kappa shape index (κ3) is 3.33. The molecule has 0 bridgehead atoms. The number of nitrogens with zero attached hydrogens (tertiary/aromatic N) is 3. The molecule has 1 N–H and O–H groups in total. The largest absolute Gasteiger partial charge is 0.487 e. The van der Waals surface area contributed by atoms with Crippen LogP contribution in [0, 0.1) is 5.82 Å². The predicted molar refractivity (Wildman–Crippen MR) is 79.0 cm³/mol. The van der Waals surface area contributed by atoms with Gasteiger partial charge in [0.05, 0.1) is 11.9 Å². The van der Waals surface area contributed by atoms with Crippen LogP contribution >= 0.6 is 0 Å². The molecule has 3 rings (SSSR count). The lowest BCUT2D eigenvalue weighted by Crippen LogP contribution is -2.43. The zero-order valence-electron chi connectivity index (χ0n) is 12.1. The molecular formula is C15H19FN4O. The Kier molecular flexibility index (Phi) is 4.06. The van der Waals surface area contributed by atoms with Gasteiger partial charge in [0.1, 0.15) is 18.2 Å². The molecule has 1 aliphatic heterocycles. The minimum atomic E-state index is -0.239. The van der Waals surface area contributed by atoms with Crippen molar-refractivity contribution >= 4 is 5.69 Å². The molecule has 1 fully saturated rings. The van der Waals surface area contributed by atoms with E-state index in [1.807, 2.05) is 13.2 Å². The predicted octanol–water partition coefficient (Wildman–Crippen LogP) is 1.55. The van der Waals surface area contributed by atoms with E-state index in [4.69, 9.17) is 4.74 Å². The van der Waals surface area contributed by atoms with Crippen molar-refractivity contribution in [3.05, 3.63) is 42.0 Å². The maximum atomic E-state index is 13.6. The van der Waals surface area contributed by atoms with Crippen molar-refractivity contribution in [2.75, 3.05) is 31.1 Å². The lowest BCUT2D eigenvalue weighted by molar-refractivity contribution is 0.305. The molecule has 21 heavy (non-hydrogen) atoms. The van der Waals surface area contributed by atoms with Crippen LogP contribution in [0.4, 0.5) is 10.1 Å². The van der Waals surface area contributed by atoms with Gasteiger partial charge in [0, 0.05) is 51.1 Å². The molecule has 5 nitrogen and oxygen atoms in total. The third-order valence-electron chi connectivity index (χ3n) is 3.53. The Hall–Kier alpha value is -2.08. The average Bonchev–Trinajstić information content (AvgIpc) is 2.92. The Balaban J connectivity index is 1.77. The molecule has 0 amide bonds. The molecule has 2 heterocycles. The highest BCUT2D eigenvalue weighted by Gasteiger charge is 2.16. The van der Waals surface area contributed by atoms with Gasteiger partial charge in [-0.05, 0) is 12.1 Å². The number of anilines is 1. The van der Waals surface area contributed by atoms with Crippen LogP contribution in [0.15, 0.2) is 30.6 Å². The number of halogens is 1. The fraction of sp³-hybridized carbons (Fsp3) is 0.400. The highest BCUT2D eigenvalue weighted by atomic mass is 19.1. The number of rotatable bonds is 4. The summed E-state index contributed by atoms with van der Waals surface area (Å²) in [6.45, 7) is 3.94. The lowest BCUT2D eigenvalue weighted by Gasteiger charge is -2.30. The topological polar surface area (TPSA) is 42.3 Å². The fourth-order valence-electron chi connectivity index (χ4n) is 2.47. The summed E-state index contributed by atoms with van der Waals surface area (Å²) in [7, 11) is 1.87. The number of hydrogen-bond donors (Lipinski definition) is 1. The van der Waals surface area contributed by atoms with Gasteiger partial charge in [-0.25, -0.2) is 4.39 Å². The summed E-state index contributed by atoms with van der Waals surface area (Å²) in [5.41, 5.74) is 1.81. The second-order valence-corrected chi connectivity index (χ2v) is 5.16.